The molecule has 0 spiro atoms. The highest BCUT2D eigenvalue weighted by Crippen LogP contribution is 2.30. The number of nitrogens with two attached hydrogens (primary N) is 2. The minimum atomic E-state index is -3.80. The van der Waals surface area contributed by atoms with Gasteiger partial charge in [0.1, 0.15) is 11.5 Å². The van der Waals surface area contributed by atoms with Crippen molar-refractivity contribution >= 4 is 21.2 Å². The van der Waals surface area contributed by atoms with E-state index in [0.717, 1.165) is 12.1 Å². The molecule has 0 aromatic heterocycles. The second kappa shape index (κ2) is 4.36. The molecule has 6 nitrogen and oxygen atoms in total. The number of nitrogen functional groups attached to an aromatic ring is 2. The van der Waals surface area contributed by atoms with E-state index in [1.807, 2.05) is 0 Å². The van der Waals surface area contributed by atoms with Crippen molar-refractivity contribution in [3.63, 3.8) is 0 Å². The SMILES string of the molecule is Nc1cc(S(=O)(=O)c2ccc(O)c(N)c2)ccc1O. The molecule has 0 fully saturated rings. The Morgan fingerprint density at radius 1 is 0.789 bits per heavy atom. The van der Waals surface area contributed by atoms with Gasteiger partial charge < -0.3 is 21.7 Å². The van der Waals surface area contributed by atoms with Crippen LogP contribution in [0.1, 0.15) is 0 Å². The molecule has 0 saturated carbocycles. The second-order valence-electron chi connectivity index (χ2n) is 3.94. The molecular formula is C12H12N2O4S. The summed E-state index contributed by atoms with van der Waals surface area (Å²) in [4.78, 5) is -0.124. The van der Waals surface area contributed by atoms with Crippen LogP contribution in [-0.2, 0) is 9.84 Å². The first-order valence-electron chi connectivity index (χ1n) is 5.24. The van der Waals surface area contributed by atoms with E-state index >= 15 is 0 Å². The minimum absolute atomic E-state index is 0.0344. The van der Waals surface area contributed by atoms with Gasteiger partial charge in [-0.25, -0.2) is 8.42 Å². The van der Waals surface area contributed by atoms with E-state index in [0.29, 0.717) is 0 Å². The number of anilines is 2. The van der Waals surface area contributed by atoms with Gasteiger partial charge in [-0.3, -0.25) is 0 Å². The van der Waals surface area contributed by atoms with Gasteiger partial charge in [0.15, 0.2) is 0 Å². The second-order valence-corrected chi connectivity index (χ2v) is 5.89. The fourth-order valence-corrected chi connectivity index (χ4v) is 2.87. The van der Waals surface area contributed by atoms with Crippen LogP contribution in [0.5, 0.6) is 11.5 Å². The van der Waals surface area contributed by atoms with Gasteiger partial charge in [-0.2, -0.15) is 0 Å². The van der Waals surface area contributed by atoms with Gasteiger partial charge in [0, 0.05) is 0 Å². The van der Waals surface area contributed by atoms with Gasteiger partial charge in [0.05, 0.1) is 21.2 Å². The van der Waals surface area contributed by atoms with E-state index in [4.69, 9.17) is 11.5 Å². The van der Waals surface area contributed by atoms with E-state index in [1.54, 1.807) is 0 Å². The van der Waals surface area contributed by atoms with Crippen molar-refractivity contribution < 1.29 is 18.6 Å². The molecule has 0 atom stereocenters. The van der Waals surface area contributed by atoms with Crippen molar-refractivity contribution in [3.05, 3.63) is 36.4 Å². The minimum Gasteiger partial charge on any atom is -0.506 e. The molecule has 2 aromatic rings. The van der Waals surface area contributed by atoms with E-state index in [9.17, 15) is 18.6 Å². The number of aromatic hydroxyl groups is 2. The van der Waals surface area contributed by atoms with Gasteiger partial charge in [-0.1, -0.05) is 0 Å². The summed E-state index contributed by atoms with van der Waals surface area (Å²) in [7, 11) is -3.80. The monoisotopic (exact) mass is 280 g/mol. The number of sulfone groups is 1. The number of rotatable bonds is 2. The summed E-state index contributed by atoms with van der Waals surface area (Å²) in [6.45, 7) is 0. The first kappa shape index (κ1) is 13.0. The molecule has 0 amide bonds. The zero-order chi connectivity index (χ0) is 14.2. The quantitative estimate of drug-likeness (QED) is 0.482. The number of phenolic OH excluding ortho intramolecular Hbond substituents is 2. The fourth-order valence-electron chi connectivity index (χ4n) is 1.54. The smallest absolute Gasteiger partial charge is 0.206 e. The predicted octanol–water partition coefficient (Wildman–Crippen LogP) is 1.09. The molecule has 0 aliphatic rings. The molecule has 2 aromatic carbocycles. The molecule has 100 valence electrons. The molecule has 0 aliphatic heterocycles. The Bertz CT molecular complexity index is 684. The maximum absolute atomic E-state index is 12.3. The first-order chi connectivity index (χ1) is 8.82. The molecule has 0 aliphatic carbocycles. The van der Waals surface area contributed by atoms with Crippen molar-refractivity contribution in [1.82, 2.24) is 0 Å². The largest absolute Gasteiger partial charge is 0.506 e. The Morgan fingerprint density at radius 2 is 1.16 bits per heavy atom. The maximum Gasteiger partial charge on any atom is 0.206 e. The molecule has 2 rings (SSSR count). The third-order valence-electron chi connectivity index (χ3n) is 2.62. The molecule has 7 heteroatoms. The Hall–Kier alpha value is -2.41. The number of benzene rings is 2. The highest BCUT2D eigenvalue weighted by molar-refractivity contribution is 7.91. The molecule has 19 heavy (non-hydrogen) atoms. The standard InChI is InChI=1S/C12H12N2O4S/c13-9-5-7(1-3-11(9)15)19(17,18)8-2-4-12(16)10(14)6-8/h1-6,15-16H,13-14H2. The van der Waals surface area contributed by atoms with E-state index in [2.05, 4.69) is 0 Å². The average Bonchev–Trinajstić information content (AvgIpc) is 2.35. The molecule has 0 bridgehead atoms. The topological polar surface area (TPSA) is 127 Å². The molecule has 0 radical (unpaired) electrons. The lowest BCUT2D eigenvalue weighted by Crippen LogP contribution is -2.03. The number of hydrogen-bond donors (Lipinski definition) is 4. The van der Waals surface area contributed by atoms with Crippen molar-refractivity contribution in [1.29, 1.82) is 0 Å². The van der Waals surface area contributed by atoms with Crippen molar-refractivity contribution in [2.24, 2.45) is 0 Å². The summed E-state index contributed by atoms with van der Waals surface area (Å²) in [5.41, 5.74) is 10.9. The van der Waals surface area contributed by atoms with Gasteiger partial charge in [-0.15, -0.1) is 0 Å². The van der Waals surface area contributed by atoms with Crippen LogP contribution in [0.15, 0.2) is 46.2 Å². The van der Waals surface area contributed by atoms with E-state index in [1.165, 1.54) is 24.3 Å². The highest BCUT2D eigenvalue weighted by Gasteiger charge is 2.19. The Morgan fingerprint density at radius 3 is 1.47 bits per heavy atom. The normalized spacial score (nSPS) is 11.4. The lowest BCUT2D eigenvalue weighted by Gasteiger charge is -2.08. The summed E-state index contributed by atoms with van der Waals surface area (Å²) in [6.07, 6.45) is 0. The predicted molar refractivity (Wildman–Crippen MR) is 70.5 cm³/mol. The summed E-state index contributed by atoms with van der Waals surface area (Å²) >= 11 is 0. The van der Waals surface area contributed by atoms with Gasteiger partial charge in [-0.05, 0) is 36.4 Å². The van der Waals surface area contributed by atoms with Crippen molar-refractivity contribution in [2.45, 2.75) is 9.79 Å². The van der Waals surface area contributed by atoms with Crippen LogP contribution in [0.3, 0.4) is 0 Å². The lowest BCUT2D eigenvalue weighted by atomic mass is 10.3. The van der Waals surface area contributed by atoms with Crippen LogP contribution in [0, 0.1) is 0 Å². The van der Waals surface area contributed by atoms with Crippen LogP contribution in [0.2, 0.25) is 0 Å². The zero-order valence-corrected chi connectivity index (χ0v) is 10.6. The summed E-state index contributed by atoms with van der Waals surface area (Å²) in [5.74, 6) is -0.381. The molecule has 6 N–H and O–H groups in total. The zero-order valence-electron chi connectivity index (χ0n) is 9.74. The van der Waals surface area contributed by atoms with Crippen LogP contribution in [0.4, 0.5) is 11.4 Å². The van der Waals surface area contributed by atoms with E-state index in [-0.39, 0.29) is 32.7 Å². The van der Waals surface area contributed by atoms with Crippen molar-refractivity contribution in [2.75, 3.05) is 11.5 Å². The number of phenols is 2. The third-order valence-corrected chi connectivity index (χ3v) is 4.37. The van der Waals surface area contributed by atoms with Gasteiger partial charge in [0.2, 0.25) is 9.84 Å². The summed E-state index contributed by atoms with van der Waals surface area (Å²) in [6, 6.07) is 7.20. The first-order valence-corrected chi connectivity index (χ1v) is 6.73. The Labute approximate surface area is 109 Å². The van der Waals surface area contributed by atoms with Gasteiger partial charge in [0.25, 0.3) is 0 Å². The maximum atomic E-state index is 12.3. The van der Waals surface area contributed by atoms with E-state index < -0.39 is 9.84 Å². The number of hydrogen-bond acceptors (Lipinski definition) is 6. The Kier molecular flexibility index (Phi) is 2.99. The van der Waals surface area contributed by atoms with Crippen LogP contribution in [0.25, 0.3) is 0 Å². The highest BCUT2D eigenvalue weighted by atomic mass is 32.2. The van der Waals surface area contributed by atoms with Crippen LogP contribution < -0.4 is 11.5 Å². The summed E-state index contributed by atoms with van der Waals surface area (Å²) in [5, 5.41) is 18.6. The van der Waals surface area contributed by atoms with Crippen LogP contribution >= 0.6 is 0 Å². The molecule has 0 saturated heterocycles. The molecule has 0 unspecified atom stereocenters. The van der Waals surface area contributed by atoms with Gasteiger partial charge >= 0.3 is 0 Å². The summed E-state index contributed by atoms with van der Waals surface area (Å²) < 4.78 is 24.6. The molecular weight excluding hydrogens is 268 g/mol. The average molecular weight is 280 g/mol. The van der Waals surface area contributed by atoms with Crippen molar-refractivity contribution in [3.8, 4) is 11.5 Å². The van der Waals surface area contributed by atoms with Crippen LogP contribution in [-0.4, -0.2) is 18.6 Å². The third kappa shape index (κ3) is 2.27. The Balaban J connectivity index is 2.58. The molecule has 0 heterocycles. The lowest BCUT2D eigenvalue weighted by molar-refractivity contribution is 0.477. The fraction of sp³-hybridized carbons (Fsp3) is 0.